The van der Waals surface area contributed by atoms with E-state index in [1.165, 1.54) is 0 Å². The van der Waals surface area contributed by atoms with Crippen molar-refractivity contribution in [2.75, 3.05) is 6.54 Å². The minimum Gasteiger partial charge on any atom is -0.298 e. The van der Waals surface area contributed by atoms with Crippen molar-refractivity contribution < 1.29 is 8.42 Å². The van der Waals surface area contributed by atoms with Crippen LogP contribution in [0.25, 0.3) is 0 Å². The largest absolute Gasteiger partial charge is 0.298 e. The molecule has 2 aliphatic heterocycles. The lowest BCUT2D eigenvalue weighted by molar-refractivity contribution is 0.150. The Morgan fingerprint density at radius 1 is 1.29 bits per heavy atom. The Morgan fingerprint density at radius 3 is 2.14 bits per heavy atom. The number of hydrogen-bond donors (Lipinski definition) is 1. The number of hydrogen-bond acceptors (Lipinski definition) is 3. The molecule has 2 atom stereocenters. The Balaban J connectivity index is 2.13. The fraction of sp³-hybridized carbons (Fsp3) is 1.00. The highest BCUT2D eigenvalue weighted by Crippen LogP contribution is 2.37. The van der Waals surface area contributed by atoms with Crippen molar-refractivity contribution in [1.29, 1.82) is 0 Å². The Kier molecular flexibility index (Phi) is 2.57. The third kappa shape index (κ3) is 1.68. The zero-order valence-electron chi connectivity index (χ0n) is 8.52. The minimum absolute atomic E-state index is 0.289. The van der Waals surface area contributed by atoms with Crippen LogP contribution >= 0.6 is 0 Å². The lowest BCUT2D eigenvalue weighted by Gasteiger charge is -2.37. The quantitative estimate of drug-likeness (QED) is 0.724. The summed E-state index contributed by atoms with van der Waals surface area (Å²) >= 11 is 0. The van der Waals surface area contributed by atoms with Crippen LogP contribution in [-0.4, -0.2) is 37.2 Å². The molecule has 2 bridgehead atoms. The van der Waals surface area contributed by atoms with E-state index in [4.69, 9.17) is 5.14 Å². The fourth-order valence-electron chi connectivity index (χ4n) is 3.01. The van der Waals surface area contributed by atoms with E-state index in [2.05, 4.69) is 11.8 Å². The molecule has 2 N–H and O–H groups in total. The van der Waals surface area contributed by atoms with Gasteiger partial charge in [0.1, 0.15) is 0 Å². The summed E-state index contributed by atoms with van der Waals surface area (Å²) in [5.41, 5.74) is 0. The zero-order valence-corrected chi connectivity index (χ0v) is 9.33. The van der Waals surface area contributed by atoms with Gasteiger partial charge >= 0.3 is 0 Å². The number of rotatable bonds is 2. The summed E-state index contributed by atoms with van der Waals surface area (Å²) in [6.07, 6.45) is 3.77. The van der Waals surface area contributed by atoms with Crippen LogP contribution in [0.15, 0.2) is 0 Å². The van der Waals surface area contributed by atoms with Crippen LogP contribution in [0.5, 0.6) is 0 Å². The molecule has 2 fully saturated rings. The minimum atomic E-state index is -3.31. The summed E-state index contributed by atoms with van der Waals surface area (Å²) in [5.74, 6) is 0. The third-order valence-electron chi connectivity index (χ3n) is 3.67. The number of piperidine rings is 1. The average molecular weight is 218 g/mol. The molecule has 0 radical (unpaired) electrons. The van der Waals surface area contributed by atoms with Crippen LogP contribution < -0.4 is 5.14 Å². The number of sulfonamides is 1. The summed E-state index contributed by atoms with van der Waals surface area (Å²) in [6, 6.07) is 0.921. The van der Waals surface area contributed by atoms with E-state index >= 15 is 0 Å². The number of nitrogens with zero attached hydrogens (tertiary/aromatic N) is 1. The van der Waals surface area contributed by atoms with Crippen LogP contribution in [0, 0.1) is 0 Å². The van der Waals surface area contributed by atoms with Gasteiger partial charge in [-0.15, -0.1) is 0 Å². The molecule has 0 amide bonds. The highest BCUT2D eigenvalue weighted by Gasteiger charge is 2.43. The Hall–Kier alpha value is -0.130. The van der Waals surface area contributed by atoms with E-state index in [9.17, 15) is 8.42 Å². The maximum absolute atomic E-state index is 11.3. The first-order valence-electron chi connectivity index (χ1n) is 5.29. The smallest absolute Gasteiger partial charge is 0.212 e. The average Bonchev–Trinajstić information content (AvgIpc) is 2.32. The van der Waals surface area contributed by atoms with Gasteiger partial charge in [0.05, 0.1) is 5.25 Å². The Labute approximate surface area is 85.5 Å². The SMILES string of the molecule is CCN1C2CCC1CC(S(N)(=O)=O)C2. The van der Waals surface area contributed by atoms with Gasteiger partial charge in [-0.1, -0.05) is 6.92 Å². The molecule has 0 spiro atoms. The van der Waals surface area contributed by atoms with Crippen molar-refractivity contribution in [2.45, 2.75) is 49.9 Å². The van der Waals surface area contributed by atoms with Gasteiger partial charge in [-0.25, -0.2) is 13.6 Å². The summed E-state index contributed by atoms with van der Waals surface area (Å²) in [5, 5.41) is 4.91. The molecule has 4 nitrogen and oxygen atoms in total. The first-order valence-corrected chi connectivity index (χ1v) is 6.90. The molecular weight excluding hydrogens is 200 g/mol. The van der Waals surface area contributed by atoms with E-state index in [0.29, 0.717) is 12.1 Å². The molecule has 2 aliphatic rings. The summed E-state index contributed by atoms with van der Waals surface area (Å²) < 4.78 is 22.5. The van der Waals surface area contributed by atoms with Crippen molar-refractivity contribution in [1.82, 2.24) is 4.90 Å². The summed E-state index contributed by atoms with van der Waals surface area (Å²) in [7, 11) is -3.31. The molecule has 0 aliphatic carbocycles. The van der Waals surface area contributed by atoms with Crippen molar-refractivity contribution >= 4 is 10.0 Å². The second-order valence-electron chi connectivity index (χ2n) is 4.40. The molecule has 2 saturated heterocycles. The lowest BCUT2D eigenvalue weighted by Crippen LogP contribution is -2.48. The highest BCUT2D eigenvalue weighted by atomic mass is 32.2. The van der Waals surface area contributed by atoms with E-state index in [1.54, 1.807) is 0 Å². The van der Waals surface area contributed by atoms with Gasteiger partial charge in [-0.2, -0.15) is 0 Å². The second kappa shape index (κ2) is 3.47. The van der Waals surface area contributed by atoms with Gasteiger partial charge in [0.2, 0.25) is 10.0 Å². The molecule has 2 heterocycles. The van der Waals surface area contributed by atoms with Crippen LogP contribution in [0.1, 0.15) is 32.6 Å². The zero-order chi connectivity index (χ0) is 10.3. The summed E-state index contributed by atoms with van der Waals surface area (Å²) in [4.78, 5) is 2.43. The van der Waals surface area contributed by atoms with Gasteiger partial charge < -0.3 is 0 Å². The topological polar surface area (TPSA) is 63.4 Å². The first kappa shape index (κ1) is 10.4. The Bertz CT molecular complexity index is 301. The second-order valence-corrected chi connectivity index (χ2v) is 6.24. The van der Waals surface area contributed by atoms with Gasteiger partial charge in [0.25, 0.3) is 0 Å². The van der Waals surface area contributed by atoms with E-state index < -0.39 is 10.0 Å². The standard InChI is InChI=1S/C9H18N2O2S/c1-2-11-7-3-4-8(11)6-9(5-7)14(10,12)13/h7-9H,2-6H2,1H3,(H2,10,12,13). The monoisotopic (exact) mass is 218 g/mol. The molecule has 0 aromatic rings. The van der Waals surface area contributed by atoms with Gasteiger partial charge in [-0.05, 0) is 32.2 Å². The molecule has 0 aromatic heterocycles. The Morgan fingerprint density at radius 2 is 1.79 bits per heavy atom. The maximum atomic E-state index is 11.3. The van der Waals surface area contributed by atoms with Crippen LogP contribution in [0.3, 0.4) is 0 Å². The van der Waals surface area contributed by atoms with E-state index in [1.807, 2.05) is 0 Å². The van der Waals surface area contributed by atoms with Crippen molar-refractivity contribution in [2.24, 2.45) is 5.14 Å². The molecule has 0 saturated carbocycles. The normalized spacial score (nSPS) is 38.9. The number of fused-ring (bicyclic) bond motifs is 2. The van der Waals surface area contributed by atoms with Crippen LogP contribution in [-0.2, 0) is 10.0 Å². The van der Waals surface area contributed by atoms with E-state index in [0.717, 1.165) is 32.2 Å². The fourth-order valence-corrected chi connectivity index (χ4v) is 3.99. The van der Waals surface area contributed by atoms with Gasteiger partial charge in [0.15, 0.2) is 0 Å². The number of primary sulfonamides is 1. The summed E-state index contributed by atoms with van der Waals surface area (Å²) in [6.45, 7) is 3.18. The predicted octanol–water partition coefficient (Wildman–Crippen LogP) is 0.290. The predicted molar refractivity (Wildman–Crippen MR) is 55.3 cm³/mol. The number of nitrogens with two attached hydrogens (primary N) is 1. The van der Waals surface area contributed by atoms with Crippen molar-refractivity contribution in [3.05, 3.63) is 0 Å². The molecule has 14 heavy (non-hydrogen) atoms. The van der Waals surface area contributed by atoms with Crippen molar-refractivity contribution in [3.8, 4) is 0 Å². The van der Waals surface area contributed by atoms with E-state index in [-0.39, 0.29) is 5.25 Å². The van der Waals surface area contributed by atoms with Crippen molar-refractivity contribution in [3.63, 3.8) is 0 Å². The van der Waals surface area contributed by atoms with Gasteiger partial charge in [0, 0.05) is 12.1 Å². The molecule has 0 aromatic carbocycles. The molecule has 2 unspecified atom stereocenters. The van der Waals surface area contributed by atoms with Gasteiger partial charge in [-0.3, -0.25) is 4.90 Å². The molecular formula is C9H18N2O2S. The highest BCUT2D eigenvalue weighted by molar-refractivity contribution is 7.89. The maximum Gasteiger partial charge on any atom is 0.212 e. The molecule has 2 rings (SSSR count). The molecule has 82 valence electrons. The van der Waals surface area contributed by atoms with Crippen LogP contribution in [0.2, 0.25) is 0 Å². The molecule has 5 heteroatoms. The first-order chi connectivity index (χ1) is 6.52. The van der Waals surface area contributed by atoms with Crippen LogP contribution in [0.4, 0.5) is 0 Å². The lowest BCUT2D eigenvalue weighted by atomic mass is 10.0. The third-order valence-corrected chi connectivity index (χ3v) is 4.98.